The molecule has 1 atom stereocenters. The van der Waals surface area contributed by atoms with Crippen LogP contribution in [-0.2, 0) is 13.6 Å². The van der Waals surface area contributed by atoms with Crippen molar-refractivity contribution in [2.45, 2.75) is 26.4 Å². The molecular formula is C13H18N4. The number of aromatic nitrogens is 3. The van der Waals surface area contributed by atoms with Crippen LogP contribution in [0.3, 0.4) is 0 Å². The van der Waals surface area contributed by atoms with Gasteiger partial charge in [0, 0.05) is 13.1 Å². The quantitative estimate of drug-likeness (QED) is 0.873. The Labute approximate surface area is 102 Å². The fourth-order valence-corrected chi connectivity index (χ4v) is 1.89. The minimum atomic E-state index is 0.313. The summed E-state index contributed by atoms with van der Waals surface area (Å²) >= 11 is 0. The summed E-state index contributed by atoms with van der Waals surface area (Å²) in [5.74, 6) is 0.949. The van der Waals surface area contributed by atoms with Crippen molar-refractivity contribution in [2.24, 2.45) is 7.05 Å². The van der Waals surface area contributed by atoms with Gasteiger partial charge in [-0.15, -0.1) is 10.2 Å². The molecule has 0 saturated carbocycles. The topological polar surface area (TPSA) is 42.7 Å². The van der Waals surface area contributed by atoms with Crippen molar-refractivity contribution >= 4 is 0 Å². The average molecular weight is 230 g/mol. The van der Waals surface area contributed by atoms with Gasteiger partial charge in [0.15, 0.2) is 0 Å². The van der Waals surface area contributed by atoms with Crippen molar-refractivity contribution in [1.29, 1.82) is 0 Å². The Balaban J connectivity index is 2.01. The van der Waals surface area contributed by atoms with E-state index in [1.54, 1.807) is 6.33 Å². The highest BCUT2D eigenvalue weighted by Gasteiger charge is 2.08. The van der Waals surface area contributed by atoms with Crippen LogP contribution in [0.25, 0.3) is 0 Å². The van der Waals surface area contributed by atoms with Gasteiger partial charge >= 0.3 is 0 Å². The highest BCUT2D eigenvalue weighted by molar-refractivity contribution is 5.28. The highest BCUT2D eigenvalue weighted by atomic mass is 15.3. The molecule has 1 N–H and O–H groups in total. The molecule has 0 radical (unpaired) electrons. The van der Waals surface area contributed by atoms with Gasteiger partial charge in [0.1, 0.15) is 12.2 Å². The molecule has 2 aromatic rings. The van der Waals surface area contributed by atoms with Gasteiger partial charge < -0.3 is 9.88 Å². The molecule has 1 aromatic heterocycles. The normalized spacial score (nSPS) is 12.6. The summed E-state index contributed by atoms with van der Waals surface area (Å²) < 4.78 is 1.93. The van der Waals surface area contributed by atoms with Crippen LogP contribution in [0.15, 0.2) is 30.6 Å². The predicted molar refractivity (Wildman–Crippen MR) is 67.4 cm³/mol. The fraction of sp³-hybridized carbons (Fsp3) is 0.385. The predicted octanol–water partition coefficient (Wildman–Crippen LogP) is 1.97. The Kier molecular flexibility index (Phi) is 3.54. The van der Waals surface area contributed by atoms with Crippen molar-refractivity contribution in [3.05, 3.63) is 47.5 Å². The van der Waals surface area contributed by atoms with Crippen molar-refractivity contribution in [3.8, 4) is 0 Å². The van der Waals surface area contributed by atoms with Crippen LogP contribution >= 0.6 is 0 Å². The third-order valence-corrected chi connectivity index (χ3v) is 3.03. The molecule has 0 bridgehead atoms. The summed E-state index contributed by atoms with van der Waals surface area (Å²) in [6, 6.07) is 8.74. The van der Waals surface area contributed by atoms with Crippen LogP contribution in [-0.4, -0.2) is 14.8 Å². The molecule has 0 spiro atoms. The maximum absolute atomic E-state index is 4.05. The summed E-state index contributed by atoms with van der Waals surface area (Å²) in [5.41, 5.74) is 2.64. The molecule has 0 aliphatic carbocycles. The maximum Gasteiger partial charge on any atom is 0.146 e. The molecule has 4 heteroatoms. The van der Waals surface area contributed by atoms with Crippen molar-refractivity contribution < 1.29 is 0 Å². The number of aryl methyl sites for hydroxylation is 2. The molecule has 90 valence electrons. The largest absolute Gasteiger partial charge is 0.320 e. The molecule has 0 unspecified atom stereocenters. The van der Waals surface area contributed by atoms with Gasteiger partial charge in [0.05, 0.1) is 6.54 Å². The van der Waals surface area contributed by atoms with Gasteiger partial charge in [0.25, 0.3) is 0 Å². The van der Waals surface area contributed by atoms with E-state index in [0.717, 1.165) is 12.4 Å². The zero-order chi connectivity index (χ0) is 12.3. The van der Waals surface area contributed by atoms with Gasteiger partial charge in [-0.1, -0.05) is 24.3 Å². The van der Waals surface area contributed by atoms with Crippen molar-refractivity contribution in [1.82, 2.24) is 20.1 Å². The van der Waals surface area contributed by atoms with E-state index in [1.165, 1.54) is 11.1 Å². The van der Waals surface area contributed by atoms with Gasteiger partial charge in [-0.25, -0.2) is 0 Å². The zero-order valence-electron chi connectivity index (χ0n) is 10.5. The first-order valence-corrected chi connectivity index (χ1v) is 5.80. The van der Waals surface area contributed by atoms with Crippen molar-refractivity contribution in [3.63, 3.8) is 0 Å². The highest BCUT2D eigenvalue weighted by Crippen LogP contribution is 2.16. The first-order chi connectivity index (χ1) is 8.18. The van der Waals surface area contributed by atoms with Gasteiger partial charge in [-0.05, 0) is 25.0 Å². The molecule has 0 fully saturated rings. The number of hydrogen-bond donors (Lipinski definition) is 1. The third-order valence-electron chi connectivity index (χ3n) is 3.03. The second kappa shape index (κ2) is 5.10. The third kappa shape index (κ3) is 2.71. The van der Waals surface area contributed by atoms with E-state index in [4.69, 9.17) is 0 Å². The molecule has 0 aliphatic rings. The maximum atomic E-state index is 4.05. The van der Waals surface area contributed by atoms with Crippen LogP contribution < -0.4 is 5.32 Å². The van der Waals surface area contributed by atoms with Gasteiger partial charge in [0.2, 0.25) is 0 Å². The molecule has 4 nitrogen and oxygen atoms in total. The van der Waals surface area contributed by atoms with E-state index < -0.39 is 0 Å². The lowest BCUT2D eigenvalue weighted by Crippen LogP contribution is -2.20. The fourth-order valence-electron chi connectivity index (χ4n) is 1.89. The van der Waals surface area contributed by atoms with Gasteiger partial charge in [-0.2, -0.15) is 0 Å². The summed E-state index contributed by atoms with van der Waals surface area (Å²) in [4.78, 5) is 0. The number of hydrogen-bond acceptors (Lipinski definition) is 3. The zero-order valence-corrected chi connectivity index (χ0v) is 10.5. The lowest BCUT2D eigenvalue weighted by atomic mass is 10.0. The standard InChI is InChI=1S/C13H18N4/c1-10-6-4-5-7-12(10)11(2)14-8-13-16-15-9-17(13)3/h4-7,9,11,14H,8H2,1-3H3/t11-/m0/s1. The molecule has 1 heterocycles. The van der Waals surface area contributed by atoms with E-state index >= 15 is 0 Å². The summed E-state index contributed by atoms with van der Waals surface area (Å²) in [5, 5.41) is 11.4. The van der Waals surface area contributed by atoms with Crippen LogP contribution in [0.2, 0.25) is 0 Å². The van der Waals surface area contributed by atoms with E-state index in [0.29, 0.717) is 6.04 Å². The number of nitrogens with one attached hydrogen (secondary N) is 1. The Morgan fingerprint density at radius 3 is 2.76 bits per heavy atom. The second-order valence-corrected chi connectivity index (χ2v) is 4.32. The Morgan fingerprint density at radius 1 is 1.35 bits per heavy atom. The van der Waals surface area contributed by atoms with Gasteiger partial charge in [-0.3, -0.25) is 0 Å². The van der Waals surface area contributed by atoms with E-state index in [9.17, 15) is 0 Å². The molecule has 0 aliphatic heterocycles. The lowest BCUT2D eigenvalue weighted by Gasteiger charge is -2.16. The first-order valence-electron chi connectivity index (χ1n) is 5.80. The summed E-state index contributed by atoms with van der Waals surface area (Å²) in [7, 11) is 1.95. The lowest BCUT2D eigenvalue weighted by molar-refractivity contribution is 0.546. The molecular weight excluding hydrogens is 212 g/mol. The molecule has 17 heavy (non-hydrogen) atoms. The minimum Gasteiger partial charge on any atom is -0.320 e. The average Bonchev–Trinajstić information content (AvgIpc) is 2.72. The monoisotopic (exact) mass is 230 g/mol. The number of rotatable bonds is 4. The van der Waals surface area contributed by atoms with Crippen LogP contribution in [0.4, 0.5) is 0 Å². The summed E-state index contributed by atoms with van der Waals surface area (Å²) in [6.07, 6.45) is 1.72. The molecule has 2 rings (SSSR count). The Bertz CT molecular complexity index is 490. The van der Waals surface area contributed by atoms with Crippen LogP contribution in [0.5, 0.6) is 0 Å². The smallest absolute Gasteiger partial charge is 0.146 e. The van der Waals surface area contributed by atoms with E-state index in [1.807, 2.05) is 11.6 Å². The molecule has 1 aromatic carbocycles. The molecule has 0 amide bonds. The van der Waals surface area contributed by atoms with Crippen molar-refractivity contribution in [2.75, 3.05) is 0 Å². The summed E-state index contributed by atoms with van der Waals surface area (Å²) in [6.45, 7) is 5.03. The number of benzene rings is 1. The Hall–Kier alpha value is -1.68. The first kappa shape index (κ1) is 11.8. The second-order valence-electron chi connectivity index (χ2n) is 4.32. The van der Waals surface area contributed by atoms with E-state index in [-0.39, 0.29) is 0 Å². The number of nitrogens with zero attached hydrogens (tertiary/aromatic N) is 3. The van der Waals surface area contributed by atoms with Crippen LogP contribution in [0, 0.1) is 6.92 Å². The molecule has 0 saturated heterocycles. The van der Waals surface area contributed by atoms with Crippen LogP contribution in [0.1, 0.15) is 29.9 Å². The SMILES string of the molecule is Cc1ccccc1[C@H](C)NCc1nncn1C. The Morgan fingerprint density at radius 2 is 2.12 bits per heavy atom. The van der Waals surface area contributed by atoms with E-state index in [2.05, 4.69) is 53.6 Å². The minimum absolute atomic E-state index is 0.313.